The molecule has 1 aromatic carbocycles. The van der Waals surface area contributed by atoms with Crippen LogP contribution in [0, 0.1) is 11.8 Å². The van der Waals surface area contributed by atoms with E-state index < -0.39 is 0 Å². The predicted molar refractivity (Wildman–Crippen MR) is 81.7 cm³/mol. The number of carbonyl (C=O) groups excluding carboxylic acids is 1. The van der Waals surface area contributed by atoms with Gasteiger partial charge < -0.3 is 10.3 Å². The lowest BCUT2D eigenvalue weighted by Crippen LogP contribution is -2.43. The zero-order valence-corrected chi connectivity index (χ0v) is 12.1. The number of H-pyrrole nitrogens is 1. The summed E-state index contributed by atoms with van der Waals surface area (Å²) in [6.45, 7) is 4.53. The summed E-state index contributed by atoms with van der Waals surface area (Å²) in [5, 5.41) is 4.29. The molecule has 3 nitrogen and oxygen atoms in total. The van der Waals surface area contributed by atoms with Gasteiger partial charge in [0.15, 0.2) is 0 Å². The highest BCUT2D eigenvalue weighted by Gasteiger charge is 2.28. The van der Waals surface area contributed by atoms with Crippen molar-refractivity contribution in [1.29, 1.82) is 0 Å². The molecule has 2 aromatic rings. The largest absolute Gasteiger partial charge is 0.351 e. The predicted octanol–water partition coefficient (Wildman–Crippen LogP) is 3.72. The number of carbonyl (C=O) groups is 1. The van der Waals surface area contributed by atoms with Crippen molar-refractivity contribution >= 4 is 16.8 Å². The summed E-state index contributed by atoms with van der Waals surface area (Å²) in [5.41, 5.74) is 1.68. The third kappa shape index (κ3) is 2.45. The molecule has 1 heterocycles. The lowest BCUT2D eigenvalue weighted by Gasteiger charge is -2.34. The van der Waals surface area contributed by atoms with E-state index in [0.717, 1.165) is 17.3 Å². The molecule has 0 bridgehead atoms. The number of hydrogen-bond donors (Lipinski definition) is 2. The van der Waals surface area contributed by atoms with Gasteiger partial charge in [0.2, 0.25) is 0 Å². The van der Waals surface area contributed by atoms with Gasteiger partial charge in [-0.15, -0.1) is 0 Å². The minimum atomic E-state index is 0.0205. The molecular weight excluding hydrogens is 248 g/mol. The number of aromatic amines is 1. The Balaban J connectivity index is 1.75. The number of para-hydroxylation sites is 1. The Morgan fingerprint density at radius 3 is 2.85 bits per heavy atom. The molecular formula is C17H22N2O. The topological polar surface area (TPSA) is 44.9 Å². The second kappa shape index (κ2) is 5.31. The Kier molecular flexibility index (Phi) is 3.51. The zero-order chi connectivity index (χ0) is 14.1. The van der Waals surface area contributed by atoms with Crippen LogP contribution in [0.15, 0.2) is 30.3 Å². The molecule has 3 heteroatoms. The first-order valence-electron chi connectivity index (χ1n) is 7.54. The second-order valence-corrected chi connectivity index (χ2v) is 6.12. The van der Waals surface area contributed by atoms with E-state index in [1.54, 1.807) is 0 Å². The molecule has 20 heavy (non-hydrogen) atoms. The van der Waals surface area contributed by atoms with Gasteiger partial charge in [-0.2, -0.15) is 0 Å². The number of amides is 1. The third-order valence-electron chi connectivity index (χ3n) is 4.80. The third-order valence-corrected chi connectivity index (χ3v) is 4.80. The highest BCUT2D eigenvalue weighted by atomic mass is 16.1. The standard InChI is InChI=1S/C17H22N2O/c1-11-6-5-9-14(12(11)2)19-17(20)16-10-13-7-3-4-8-15(13)18-16/h3-4,7-8,10-12,14,18H,5-6,9H2,1-2H3,(H,19,20). The molecule has 1 aromatic heterocycles. The molecule has 3 atom stereocenters. The summed E-state index contributed by atoms with van der Waals surface area (Å²) >= 11 is 0. The van der Waals surface area contributed by atoms with Crippen molar-refractivity contribution < 1.29 is 4.79 Å². The maximum atomic E-state index is 12.4. The average molecular weight is 270 g/mol. The van der Waals surface area contributed by atoms with Crippen LogP contribution in [0.1, 0.15) is 43.6 Å². The summed E-state index contributed by atoms with van der Waals surface area (Å²) in [6.07, 6.45) is 3.58. The highest BCUT2D eigenvalue weighted by molar-refractivity contribution is 5.98. The number of fused-ring (bicyclic) bond motifs is 1. The Morgan fingerprint density at radius 1 is 1.25 bits per heavy atom. The molecule has 3 rings (SSSR count). The molecule has 0 aliphatic heterocycles. The van der Waals surface area contributed by atoms with Crippen LogP contribution in [-0.4, -0.2) is 16.9 Å². The summed E-state index contributed by atoms with van der Waals surface area (Å²) < 4.78 is 0. The van der Waals surface area contributed by atoms with Gasteiger partial charge in [-0.05, 0) is 30.4 Å². The van der Waals surface area contributed by atoms with Crippen LogP contribution >= 0.6 is 0 Å². The van der Waals surface area contributed by atoms with Crippen LogP contribution in [-0.2, 0) is 0 Å². The van der Waals surface area contributed by atoms with E-state index >= 15 is 0 Å². The molecule has 1 amide bonds. The fourth-order valence-corrected chi connectivity index (χ4v) is 3.23. The molecule has 2 N–H and O–H groups in total. The molecule has 0 spiro atoms. The molecule has 1 aliphatic rings. The van der Waals surface area contributed by atoms with E-state index in [1.807, 2.05) is 30.3 Å². The number of nitrogens with one attached hydrogen (secondary N) is 2. The average Bonchev–Trinajstić information content (AvgIpc) is 2.88. The van der Waals surface area contributed by atoms with Gasteiger partial charge in [0.25, 0.3) is 5.91 Å². The lowest BCUT2D eigenvalue weighted by molar-refractivity contribution is 0.0887. The maximum Gasteiger partial charge on any atom is 0.267 e. The number of hydrogen-bond acceptors (Lipinski definition) is 1. The van der Waals surface area contributed by atoms with Gasteiger partial charge >= 0.3 is 0 Å². The van der Waals surface area contributed by atoms with Crippen molar-refractivity contribution in [3.63, 3.8) is 0 Å². The Bertz CT molecular complexity index is 583. The van der Waals surface area contributed by atoms with E-state index in [2.05, 4.69) is 24.1 Å². The van der Waals surface area contributed by atoms with Gasteiger partial charge in [0.05, 0.1) is 0 Å². The lowest BCUT2D eigenvalue weighted by atomic mass is 9.78. The normalized spacial score (nSPS) is 26.6. The van der Waals surface area contributed by atoms with Gasteiger partial charge in [0, 0.05) is 16.9 Å². The second-order valence-electron chi connectivity index (χ2n) is 6.12. The van der Waals surface area contributed by atoms with Crippen molar-refractivity contribution in [2.24, 2.45) is 11.8 Å². The number of aromatic nitrogens is 1. The quantitative estimate of drug-likeness (QED) is 0.858. The van der Waals surface area contributed by atoms with E-state index in [9.17, 15) is 4.79 Å². The molecule has 3 unspecified atom stereocenters. The van der Waals surface area contributed by atoms with Gasteiger partial charge in [-0.1, -0.05) is 44.9 Å². The number of rotatable bonds is 2. The summed E-state index contributed by atoms with van der Waals surface area (Å²) in [5.74, 6) is 1.26. The molecule has 0 saturated heterocycles. The fourth-order valence-electron chi connectivity index (χ4n) is 3.23. The van der Waals surface area contributed by atoms with Crippen molar-refractivity contribution in [1.82, 2.24) is 10.3 Å². The minimum absolute atomic E-state index is 0.0205. The van der Waals surface area contributed by atoms with E-state index in [-0.39, 0.29) is 5.91 Å². The Labute approximate surface area is 119 Å². The molecule has 106 valence electrons. The molecule has 1 fully saturated rings. The van der Waals surface area contributed by atoms with Gasteiger partial charge in [0.1, 0.15) is 5.69 Å². The monoisotopic (exact) mass is 270 g/mol. The van der Waals surface area contributed by atoms with Crippen molar-refractivity contribution in [2.45, 2.75) is 39.2 Å². The van der Waals surface area contributed by atoms with Crippen LogP contribution in [0.2, 0.25) is 0 Å². The van der Waals surface area contributed by atoms with Crippen LogP contribution in [0.5, 0.6) is 0 Å². The zero-order valence-electron chi connectivity index (χ0n) is 12.1. The maximum absolute atomic E-state index is 12.4. The van der Waals surface area contributed by atoms with E-state index in [4.69, 9.17) is 0 Å². The fraction of sp³-hybridized carbons (Fsp3) is 0.471. The van der Waals surface area contributed by atoms with Crippen molar-refractivity contribution in [2.75, 3.05) is 0 Å². The first kappa shape index (κ1) is 13.2. The summed E-state index contributed by atoms with van der Waals surface area (Å²) in [7, 11) is 0. The van der Waals surface area contributed by atoms with Crippen molar-refractivity contribution in [3.05, 3.63) is 36.0 Å². The summed E-state index contributed by atoms with van der Waals surface area (Å²) in [4.78, 5) is 15.6. The number of benzene rings is 1. The SMILES string of the molecule is CC1CCCC(NC(=O)c2cc3ccccc3[nH]2)C1C. The molecule has 1 saturated carbocycles. The minimum Gasteiger partial charge on any atom is -0.351 e. The Morgan fingerprint density at radius 2 is 2.05 bits per heavy atom. The van der Waals surface area contributed by atoms with Crippen LogP contribution < -0.4 is 5.32 Å². The van der Waals surface area contributed by atoms with Crippen LogP contribution in [0.3, 0.4) is 0 Å². The molecule has 0 radical (unpaired) electrons. The molecule has 1 aliphatic carbocycles. The van der Waals surface area contributed by atoms with Gasteiger partial charge in [-0.3, -0.25) is 4.79 Å². The van der Waals surface area contributed by atoms with Crippen LogP contribution in [0.4, 0.5) is 0 Å². The first-order chi connectivity index (χ1) is 9.65. The Hall–Kier alpha value is -1.77. The summed E-state index contributed by atoms with van der Waals surface area (Å²) in [6, 6.07) is 10.2. The van der Waals surface area contributed by atoms with Gasteiger partial charge in [-0.25, -0.2) is 0 Å². The van der Waals surface area contributed by atoms with Crippen molar-refractivity contribution in [3.8, 4) is 0 Å². The van der Waals surface area contributed by atoms with E-state index in [1.165, 1.54) is 12.8 Å². The highest BCUT2D eigenvalue weighted by Crippen LogP contribution is 2.29. The van der Waals surface area contributed by atoms with Crippen LogP contribution in [0.25, 0.3) is 10.9 Å². The smallest absolute Gasteiger partial charge is 0.267 e. The first-order valence-corrected chi connectivity index (χ1v) is 7.54. The van der Waals surface area contributed by atoms with E-state index in [0.29, 0.717) is 23.6 Å².